The number of nitriles is 2. The van der Waals surface area contributed by atoms with Crippen LogP contribution in [0.1, 0.15) is 22.6 Å². The molecule has 0 amide bonds. The highest BCUT2D eigenvalue weighted by Crippen LogP contribution is 2.48. The molecule has 8 nitrogen and oxygen atoms in total. The molecule has 0 aliphatic heterocycles. The molecule has 0 radical (unpaired) electrons. The lowest BCUT2D eigenvalue weighted by Crippen LogP contribution is -2.06. The Kier molecular flexibility index (Phi) is 3.43. The Hall–Kier alpha value is -3.78. The molecule has 1 aliphatic rings. The molecule has 0 saturated heterocycles. The molecule has 2 aromatic carbocycles. The number of rotatable bonds is 3. The maximum atomic E-state index is 11.5. The molecule has 8 heteroatoms. The van der Waals surface area contributed by atoms with Crippen LogP contribution in [-0.2, 0) is 6.42 Å². The molecule has 0 saturated carbocycles. The van der Waals surface area contributed by atoms with Crippen molar-refractivity contribution in [2.75, 3.05) is 0 Å². The molecule has 3 rings (SSSR count). The molecule has 0 aromatic heterocycles. The van der Waals surface area contributed by atoms with Crippen LogP contribution in [0.15, 0.2) is 30.3 Å². The Morgan fingerprint density at radius 3 is 2.21 bits per heavy atom. The van der Waals surface area contributed by atoms with Gasteiger partial charge in [-0.3, -0.25) is 20.2 Å². The van der Waals surface area contributed by atoms with Gasteiger partial charge in [0.05, 0.1) is 27.5 Å². The first kappa shape index (κ1) is 15.1. The topological polar surface area (TPSA) is 134 Å². The second kappa shape index (κ2) is 5.45. The summed E-state index contributed by atoms with van der Waals surface area (Å²) in [6.45, 7) is 0. The third kappa shape index (κ3) is 2.06. The number of nitrogens with zero attached hydrogens (tertiary/aromatic N) is 4. The van der Waals surface area contributed by atoms with Crippen LogP contribution in [0.4, 0.5) is 11.4 Å². The van der Waals surface area contributed by atoms with Crippen LogP contribution in [-0.4, -0.2) is 9.85 Å². The van der Waals surface area contributed by atoms with Crippen molar-refractivity contribution in [3.8, 4) is 23.3 Å². The lowest BCUT2D eigenvalue weighted by molar-refractivity contribution is -0.423. The van der Waals surface area contributed by atoms with Gasteiger partial charge >= 0.3 is 11.4 Å². The van der Waals surface area contributed by atoms with Gasteiger partial charge in [-0.05, 0) is 22.8 Å². The van der Waals surface area contributed by atoms with E-state index in [4.69, 9.17) is 10.5 Å². The second-order valence-electron chi connectivity index (χ2n) is 5.23. The molecule has 0 heterocycles. The van der Waals surface area contributed by atoms with E-state index in [0.717, 1.165) is 11.1 Å². The molecule has 0 N–H and O–H groups in total. The predicted molar refractivity (Wildman–Crippen MR) is 82.0 cm³/mol. The Bertz CT molecular complexity index is 971. The zero-order valence-corrected chi connectivity index (χ0v) is 12.1. The lowest BCUT2D eigenvalue weighted by atomic mass is 9.92. The molecule has 0 fully saturated rings. The first-order valence-corrected chi connectivity index (χ1v) is 6.85. The lowest BCUT2D eigenvalue weighted by Gasteiger charge is -2.08. The molecule has 1 aliphatic carbocycles. The van der Waals surface area contributed by atoms with Crippen LogP contribution in [0.3, 0.4) is 0 Å². The van der Waals surface area contributed by atoms with Gasteiger partial charge in [-0.2, -0.15) is 10.5 Å². The molecule has 0 bridgehead atoms. The fourth-order valence-corrected chi connectivity index (χ4v) is 3.04. The summed E-state index contributed by atoms with van der Waals surface area (Å²) in [5.74, 6) is -1.46. The molecule has 0 spiro atoms. The van der Waals surface area contributed by atoms with E-state index in [2.05, 4.69) is 0 Å². The maximum absolute atomic E-state index is 11.5. The average molecular weight is 320 g/mol. The van der Waals surface area contributed by atoms with Gasteiger partial charge in [0.1, 0.15) is 0 Å². The van der Waals surface area contributed by atoms with Gasteiger partial charge in [-0.25, -0.2) is 0 Å². The summed E-state index contributed by atoms with van der Waals surface area (Å²) in [5, 5.41) is 41.2. The summed E-state index contributed by atoms with van der Waals surface area (Å²) in [7, 11) is 0. The highest BCUT2D eigenvalue weighted by Gasteiger charge is 2.40. The first-order valence-electron chi connectivity index (χ1n) is 6.85. The summed E-state index contributed by atoms with van der Waals surface area (Å²) in [5.41, 5.74) is 0.583. The number of nitro groups is 2. The average Bonchev–Trinajstić information content (AvgIpc) is 2.92. The fourth-order valence-electron chi connectivity index (χ4n) is 3.04. The van der Waals surface area contributed by atoms with E-state index in [1.54, 1.807) is 36.4 Å². The third-order valence-corrected chi connectivity index (χ3v) is 4.02. The smallest absolute Gasteiger partial charge is 0.258 e. The number of nitro benzene ring substituents is 2. The maximum Gasteiger partial charge on any atom is 0.351 e. The molecule has 116 valence electrons. The molecular formula is C16H8N4O4. The van der Waals surface area contributed by atoms with Crippen molar-refractivity contribution in [2.24, 2.45) is 0 Å². The van der Waals surface area contributed by atoms with E-state index in [1.807, 2.05) is 0 Å². The van der Waals surface area contributed by atoms with E-state index < -0.39 is 27.1 Å². The number of benzene rings is 2. The van der Waals surface area contributed by atoms with Gasteiger partial charge < -0.3 is 0 Å². The summed E-state index contributed by atoms with van der Waals surface area (Å²) >= 11 is 0. The van der Waals surface area contributed by atoms with E-state index in [9.17, 15) is 20.2 Å². The fraction of sp³-hybridized carbons (Fsp3) is 0.125. The summed E-state index contributed by atoms with van der Waals surface area (Å²) in [6.07, 6.45) is 0.201. The van der Waals surface area contributed by atoms with Crippen molar-refractivity contribution >= 4 is 11.4 Å². The highest BCUT2D eigenvalue weighted by molar-refractivity contribution is 5.85. The van der Waals surface area contributed by atoms with Crippen molar-refractivity contribution in [1.82, 2.24) is 0 Å². The minimum absolute atomic E-state index is 0.201. The van der Waals surface area contributed by atoms with Gasteiger partial charge in [0.15, 0.2) is 5.92 Å². The minimum atomic E-state index is -1.46. The molecule has 0 unspecified atom stereocenters. The monoisotopic (exact) mass is 320 g/mol. The van der Waals surface area contributed by atoms with Gasteiger partial charge in [0.25, 0.3) is 0 Å². The van der Waals surface area contributed by atoms with Crippen molar-refractivity contribution < 1.29 is 9.85 Å². The molecular weight excluding hydrogens is 312 g/mol. The van der Waals surface area contributed by atoms with Crippen molar-refractivity contribution in [3.05, 3.63) is 67.3 Å². The van der Waals surface area contributed by atoms with Crippen LogP contribution in [0.2, 0.25) is 0 Å². The minimum Gasteiger partial charge on any atom is -0.258 e. The SMILES string of the molecule is N#CC(C#N)c1cc2c(c([N+](=O)[O-])c1[N+](=O)[O-])Cc1ccccc1-2. The zero-order valence-electron chi connectivity index (χ0n) is 12.1. The standard InChI is InChI=1S/C16H8N4O4/c17-7-10(8-18)12-6-13-11-4-2-1-3-9(11)5-14(13)16(20(23)24)15(12)19(21)22/h1-4,6,10H,5H2. The van der Waals surface area contributed by atoms with E-state index in [-0.39, 0.29) is 17.5 Å². The van der Waals surface area contributed by atoms with Crippen LogP contribution in [0, 0.1) is 42.9 Å². The van der Waals surface area contributed by atoms with Crippen LogP contribution in [0.25, 0.3) is 11.1 Å². The largest absolute Gasteiger partial charge is 0.351 e. The van der Waals surface area contributed by atoms with E-state index in [0.29, 0.717) is 5.56 Å². The second-order valence-corrected chi connectivity index (χ2v) is 5.23. The highest BCUT2D eigenvalue weighted by atomic mass is 16.6. The van der Waals surface area contributed by atoms with Crippen molar-refractivity contribution in [1.29, 1.82) is 10.5 Å². The Balaban J connectivity index is 2.44. The van der Waals surface area contributed by atoms with Crippen LogP contribution in [0.5, 0.6) is 0 Å². The first-order chi connectivity index (χ1) is 11.5. The Morgan fingerprint density at radius 1 is 1.00 bits per heavy atom. The number of hydrogen-bond donors (Lipinski definition) is 0. The quantitative estimate of drug-likeness (QED) is 0.537. The normalized spacial score (nSPS) is 11.3. The molecule has 0 atom stereocenters. The predicted octanol–water partition coefficient (Wildman–Crippen LogP) is 3.20. The van der Waals surface area contributed by atoms with Crippen molar-refractivity contribution in [3.63, 3.8) is 0 Å². The summed E-state index contributed by atoms with van der Waals surface area (Å²) in [6, 6.07) is 11.8. The Labute approximate surface area is 135 Å². The number of hydrogen-bond acceptors (Lipinski definition) is 6. The molecule has 24 heavy (non-hydrogen) atoms. The van der Waals surface area contributed by atoms with Crippen LogP contribution < -0.4 is 0 Å². The van der Waals surface area contributed by atoms with Gasteiger partial charge in [0, 0.05) is 12.0 Å². The van der Waals surface area contributed by atoms with Gasteiger partial charge in [-0.1, -0.05) is 24.3 Å². The van der Waals surface area contributed by atoms with Gasteiger partial charge in [0.2, 0.25) is 0 Å². The summed E-state index contributed by atoms with van der Waals surface area (Å²) < 4.78 is 0. The van der Waals surface area contributed by atoms with E-state index in [1.165, 1.54) is 6.07 Å². The number of fused-ring (bicyclic) bond motifs is 3. The van der Waals surface area contributed by atoms with Crippen LogP contribution >= 0.6 is 0 Å². The zero-order chi connectivity index (χ0) is 17.4. The third-order valence-electron chi connectivity index (χ3n) is 4.02. The Morgan fingerprint density at radius 2 is 1.62 bits per heavy atom. The van der Waals surface area contributed by atoms with E-state index >= 15 is 0 Å². The summed E-state index contributed by atoms with van der Waals surface area (Å²) in [4.78, 5) is 21.3. The molecule has 2 aromatic rings. The van der Waals surface area contributed by atoms with Gasteiger partial charge in [-0.15, -0.1) is 0 Å². The van der Waals surface area contributed by atoms with Crippen molar-refractivity contribution in [2.45, 2.75) is 12.3 Å².